The van der Waals surface area contributed by atoms with Crippen LogP contribution in [0.1, 0.15) is 13.8 Å². The van der Waals surface area contributed by atoms with Crippen LogP contribution < -0.4 is 5.73 Å². The predicted octanol–water partition coefficient (Wildman–Crippen LogP) is 1.82. The Bertz CT molecular complexity index is 109. The summed E-state index contributed by atoms with van der Waals surface area (Å²) in [6, 6.07) is 0.196. The standard InChI is InChI=1S/C8H21NOSi/c1-7(2)8(9)6-10-11(3,4)5/h7-8H,6,9H2,1-5H3/t8-/m1/s1. The molecule has 0 bridgehead atoms. The molecule has 11 heavy (non-hydrogen) atoms. The average molecular weight is 175 g/mol. The van der Waals surface area contributed by atoms with E-state index in [4.69, 9.17) is 10.2 Å². The largest absolute Gasteiger partial charge is 0.416 e. The first-order valence-electron chi connectivity index (χ1n) is 4.22. The van der Waals surface area contributed by atoms with Crippen molar-refractivity contribution >= 4 is 8.32 Å². The molecule has 0 heterocycles. The zero-order valence-electron chi connectivity index (χ0n) is 8.35. The summed E-state index contributed by atoms with van der Waals surface area (Å²) >= 11 is 0. The lowest BCUT2D eigenvalue weighted by molar-refractivity contribution is 0.254. The molecule has 0 saturated heterocycles. The summed E-state index contributed by atoms with van der Waals surface area (Å²) in [5.41, 5.74) is 5.82. The molecule has 0 aliphatic carbocycles. The Labute approximate surface area is 71.3 Å². The fraction of sp³-hybridized carbons (Fsp3) is 1.00. The summed E-state index contributed by atoms with van der Waals surface area (Å²) in [5, 5.41) is 0. The Morgan fingerprint density at radius 3 is 2.00 bits per heavy atom. The van der Waals surface area contributed by atoms with Crippen molar-refractivity contribution in [3.05, 3.63) is 0 Å². The third-order valence-electron chi connectivity index (χ3n) is 1.57. The SMILES string of the molecule is CC(C)[C@H](N)CO[Si](C)(C)C. The van der Waals surface area contributed by atoms with Gasteiger partial charge in [-0.3, -0.25) is 0 Å². The Kier molecular flexibility index (Phi) is 4.29. The molecule has 0 aromatic carbocycles. The van der Waals surface area contributed by atoms with Gasteiger partial charge in [0.05, 0.1) is 0 Å². The van der Waals surface area contributed by atoms with Crippen LogP contribution in [0, 0.1) is 5.92 Å². The van der Waals surface area contributed by atoms with Crippen molar-refractivity contribution in [2.75, 3.05) is 6.61 Å². The van der Waals surface area contributed by atoms with Gasteiger partial charge in [0.15, 0.2) is 8.32 Å². The van der Waals surface area contributed by atoms with Crippen LogP contribution in [0.4, 0.5) is 0 Å². The quantitative estimate of drug-likeness (QED) is 0.662. The maximum Gasteiger partial charge on any atom is 0.183 e. The fourth-order valence-corrected chi connectivity index (χ4v) is 1.23. The minimum atomic E-state index is -1.35. The Hall–Kier alpha value is 0.137. The van der Waals surface area contributed by atoms with Gasteiger partial charge in [-0.2, -0.15) is 0 Å². The molecule has 2 N–H and O–H groups in total. The first-order chi connectivity index (χ1) is 4.83. The molecule has 0 fully saturated rings. The van der Waals surface area contributed by atoms with Gasteiger partial charge in [0, 0.05) is 12.6 Å². The lowest BCUT2D eigenvalue weighted by Gasteiger charge is -2.22. The molecule has 0 spiro atoms. The number of nitrogens with two attached hydrogens (primary N) is 1. The molecule has 0 aliphatic heterocycles. The van der Waals surface area contributed by atoms with E-state index < -0.39 is 8.32 Å². The summed E-state index contributed by atoms with van der Waals surface area (Å²) in [4.78, 5) is 0. The molecule has 0 aromatic rings. The molecule has 2 nitrogen and oxygen atoms in total. The van der Waals surface area contributed by atoms with Crippen molar-refractivity contribution in [3.63, 3.8) is 0 Å². The van der Waals surface area contributed by atoms with Gasteiger partial charge in [0.1, 0.15) is 0 Å². The van der Waals surface area contributed by atoms with E-state index in [1.54, 1.807) is 0 Å². The highest BCUT2D eigenvalue weighted by Gasteiger charge is 2.16. The maximum absolute atomic E-state index is 5.82. The highest BCUT2D eigenvalue weighted by Crippen LogP contribution is 2.05. The number of rotatable bonds is 4. The average Bonchev–Trinajstić information content (AvgIpc) is 1.80. The lowest BCUT2D eigenvalue weighted by atomic mass is 10.1. The van der Waals surface area contributed by atoms with Gasteiger partial charge in [-0.1, -0.05) is 13.8 Å². The molecular weight excluding hydrogens is 154 g/mol. The van der Waals surface area contributed by atoms with E-state index in [2.05, 4.69) is 33.5 Å². The third-order valence-corrected chi connectivity index (χ3v) is 2.60. The van der Waals surface area contributed by atoms with Gasteiger partial charge in [0.25, 0.3) is 0 Å². The van der Waals surface area contributed by atoms with Gasteiger partial charge in [-0.25, -0.2) is 0 Å². The van der Waals surface area contributed by atoms with Crippen molar-refractivity contribution in [3.8, 4) is 0 Å². The Balaban J connectivity index is 3.54. The van der Waals surface area contributed by atoms with Gasteiger partial charge >= 0.3 is 0 Å². The summed E-state index contributed by atoms with van der Waals surface area (Å²) in [5.74, 6) is 0.520. The molecule has 0 saturated carbocycles. The second-order valence-electron chi connectivity index (χ2n) is 4.33. The van der Waals surface area contributed by atoms with Crippen molar-refractivity contribution in [2.45, 2.75) is 39.5 Å². The molecule has 68 valence electrons. The third kappa shape index (κ3) is 6.53. The molecular formula is C8H21NOSi. The molecule has 1 atom stereocenters. The molecule has 0 unspecified atom stereocenters. The minimum Gasteiger partial charge on any atom is -0.416 e. The Morgan fingerprint density at radius 2 is 1.73 bits per heavy atom. The normalized spacial score (nSPS) is 15.5. The highest BCUT2D eigenvalue weighted by atomic mass is 28.4. The molecule has 0 amide bonds. The Morgan fingerprint density at radius 1 is 1.27 bits per heavy atom. The fourth-order valence-electron chi connectivity index (χ4n) is 0.539. The van der Waals surface area contributed by atoms with Gasteiger partial charge in [-0.05, 0) is 25.6 Å². The van der Waals surface area contributed by atoms with E-state index in [1.807, 2.05) is 0 Å². The van der Waals surface area contributed by atoms with Crippen LogP contribution in [-0.4, -0.2) is 21.0 Å². The van der Waals surface area contributed by atoms with E-state index in [1.165, 1.54) is 0 Å². The minimum absolute atomic E-state index is 0.196. The second kappa shape index (κ2) is 4.23. The smallest absolute Gasteiger partial charge is 0.183 e. The predicted molar refractivity (Wildman–Crippen MR) is 52.1 cm³/mol. The molecule has 0 radical (unpaired) electrons. The van der Waals surface area contributed by atoms with Crippen LogP contribution in [0.15, 0.2) is 0 Å². The van der Waals surface area contributed by atoms with Crippen LogP contribution in [0.2, 0.25) is 19.6 Å². The van der Waals surface area contributed by atoms with Gasteiger partial charge < -0.3 is 10.2 Å². The molecule has 0 aromatic heterocycles. The molecule has 0 aliphatic rings. The van der Waals surface area contributed by atoms with Crippen LogP contribution in [0.3, 0.4) is 0 Å². The first-order valence-corrected chi connectivity index (χ1v) is 7.63. The number of hydrogen-bond donors (Lipinski definition) is 1. The zero-order valence-corrected chi connectivity index (χ0v) is 9.35. The summed E-state index contributed by atoms with van der Waals surface area (Å²) < 4.78 is 5.67. The first kappa shape index (κ1) is 11.1. The van der Waals surface area contributed by atoms with E-state index in [0.717, 1.165) is 0 Å². The van der Waals surface area contributed by atoms with E-state index in [9.17, 15) is 0 Å². The maximum atomic E-state index is 5.82. The van der Waals surface area contributed by atoms with Crippen molar-refractivity contribution in [2.24, 2.45) is 11.7 Å². The zero-order chi connectivity index (χ0) is 9.07. The van der Waals surface area contributed by atoms with Crippen molar-refractivity contribution in [1.29, 1.82) is 0 Å². The van der Waals surface area contributed by atoms with Crippen LogP contribution in [0.25, 0.3) is 0 Å². The van der Waals surface area contributed by atoms with Crippen LogP contribution in [-0.2, 0) is 4.43 Å². The molecule has 3 heteroatoms. The summed E-state index contributed by atoms with van der Waals surface area (Å²) in [6.45, 7) is 11.5. The second-order valence-corrected chi connectivity index (χ2v) is 8.84. The van der Waals surface area contributed by atoms with Gasteiger partial charge in [0.2, 0.25) is 0 Å². The topological polar surface area (TPSA) is 35.2 Å². The summed E-state index contributed by atoms with van der Waals surface area (Å²) in [6.07, 6.45) is 0. The van der Waals surface area contributed by atoms with Crippen LogP contribution in [0.5, 0.6) is 0 Å². The van der Waals surface area contributed by atoms with Gasteiger partial charge in [-0.15, -0.1) is 0 Å². The van der Waals surface area contributed by atoms with E-state index in [-0.39, 0.29) is 6.04 Å². The highest BCUT2D eigenvalue weighted by molar-refractivity contribution is 6.69. The lowest BCUT2D eigenvalue weighted by Crippen LogP contribution is -2.37. The molecule has 0 rings (SSSR count). The van der Waals surface area contributed by atoms with Crippen molar-refractivity contribution < 1.29 is 4.43 Å². The van der Waals surface area contributed by atoms with E-state index in [0.29, 0.717) is 12.5 Å². The van der Waals surface area contributed by atoms with E-state index >= 15 is 0 Å². The summed E-state index contributed by atoms with van der Waals surface area (Å²) in [7, 11) is -1.35. The van der Waals surface area contributed by atoms with Crippen molar-refractivity contribution in [1.82, 2.24) is 0 Å². The van der Waals surface area contributed by atoms with Crippen LogP contribution >= 0.6 is 0 Å². The monoisotopic (exact) mass is 175 g/mol. The number of hydrogen-bond acceptors (Lipinski definition) is 2.